The van der Waals surface area contributed by atoms with Gasteiger partial charge in [0.15, 0.2) is 5.67 Å². The van der Waals surface area contributed by atoms with Crippen LogP contribution in [0.2, 0.25) is 5.02 Å². The van der Waals surface area contributed by atoms with Gasteiger partial charge in [0.1, 0.15) is 5.75 Å². The summed E-state index contributed by atoms with van der Waals surface area (Å²) in [7, 11) is 1.58. The number of aromatic nitrogens is 3. The smallest absolute Gasteiger partial charge is 0.180 e. The molecule has 1 aromatic heterocycles. The first-order valence-corrected chi connectivity index (χ1v) is 7.43. The van der Waals surface area contributed by atoms with Crippen molar-refractivity contribution in [2.45, 2.75) is 12.2 Å². The Morgan fingerprint density at radius 3 is 2.22 bits per heavy atom. The van der Waals surface area contributed by atoms with Crippen LogP contribution in [0.25, 0.3) is 0 Å². The maximum absolute atomic E-state index is 16.0. The largest absolute Gasteiger partial charge is 0.497 e. The van der Waals surface area contributed by atoms with Crippen molar-refractivity contribution in [3.05, 3.63) is 77.1 Å². The summed E-state index contributed by atoms with van der Waals surface area (Å²) in [5.41, 5.74) is -0.747. The molecule has 0 spiro atoms. The maximum Gasteiger partial charge on any atom is 0.180 e. The molecule has 0 aliphatic heterocycles. The number of nitrogens with zero attached hydrogens (tertiary/aromatic N) is 3. The van der Waals surface area contributed by atoms with Crippen LogP contribution < -0.4 is 4.74 Å². The maximum atomic E-state index is 16.0. The summed E-state index contributed by atoms with van der Waals surface area (Å²) in [6.07, 6.45) is 3.16. The van der Waals surface area contributed by atoms with Crippen LogP contribution in [0, 0.1) is 0 Å². The molecule has 3 aromatic rings. The molecule has 0 radical (unpaired) electrons. The molecule has 6 heteroatoms. The number of ether oxygens (including phenoxy) is 1. The van der Waals surface area contributed by atoms with Crippen LogP contribution in [0.1, 0.15) is 11.1 Å². The average Bonchev–Trinajstić information content (AvgIpc) is 3.08. The molecular weight excluding hydrogens is 317 g/mol. The number of hydrogen-bond donors (Lipinski definition) is 0. The van der Waals surface area contributed by atoms with E-state index in [9.17, 15) is 0 Å². The summed E-state index contributed by atoms with van der Waals surface area (Å²) in [6.45, 7) is 0.0148. The summed E-state index contributed by atoms with van der Waals surface area (Å²) in [5.74, 6) is 0.674. The zero-order valence-corrected chi connectivity index (χ0v) is 13.2. The van der Waals surface area contributed by atoms with Crippen molar-refractivity contribution in [3.8, 4) is 5.75 Å². The zero-order valence-electron chi connectivity index (χ0n) is 12.5. The Morgan fingerprint density at radius 1 is 1.09 bits per heavy atom. The molecule has 0 fully saturated rings. The highest BCUT2D eigenvalue weighted by Gasteiger charge is 2.35. The van der Waals surface area contributed by atoms with Crippen LogP contribution >= 0.6 is 11.6 Å². The van der Waals surface area contributed by atoms with E-state index < -0.39 is 5.67 Å². The van der Waals surface area contributed by atoms with Gasteiger partial charge in [0.2, 0.25) is 0 Å². The second-order valence-electron chi connectivity index (χ2n) is 5.14. The zero-order chi connectivity index (χ0) is 16.3. The molecule has 1 atom stereocenters. The van der Waals surface area contributed by atoms with Crippen molar-refractivity contribution >= 4 is 11.6 Å². The molecule has 0 amide bonds. The third-order valence-electron chi connectivity index (χ3n) is 3.70. The van der Waals surface area contributed by atoms with Gasteiger partial charge < -0.3 is 4.74 Å². The first kappa shape index (κ1) is 15.5. The fourth-order valence-corrected chi connectivity index (χ4v) is 2.58. The van der Waals surface area contributed by atoms with Crippen molar-refractivity contribution in [2.24, 2.45) is 0 Å². The lowest BCUT2D eigenvalue weighted by Crippen LogP contribution is -2.28. The average molecular weight is 332 g/mol. The fraction of sp³-hybridized carbons (Fsp3) is 0.176. The lowest BCUT2D eigenvalue weighted by molar-refractivity contribution is 0.180. The summed E-state index contributed by atoms with van der Waals surface area (Å²) < 4.78 is 22.6. The van der Waals surface area contributed by atoms with Gasteiger partial charge in [-0.25, -0.2) is 9.07 Å². The van der Waals surface area contributed by atoms with E-state index in [2.05, 4.69) is 10.3 Å². The molecule has 1 heterocycles. The van der Waals surface area contributed by atoms with Gasteiger partial charge in [-0.15, -0.1) is 5.10 Å². The van der Waals surface area contributed by atoms with Crippen molar-refractivity contribution in [3.63, 3.8) is 0 Å². The van der Waals surface area contributed by atoms with Gasteiger partial charge in [-0.05, 0) is 35.4 Å². The van der Waals surface area contributed by atoms with Gasteiger partial charge >= 0.3 is 0 Å². The first-order valence-electron chi connectivity index (χ1n) is 7.05. The van der Waals surface area contributed by atoms with Crippen molar-refractivity contribution in [1.82, 2.24) is 15.0 Å². The summed E-state index contributed by atoms with van der Waals surface area (Å²) in [6, 6.07) is 13.6. The Bertz CT molecular complexity index is 760. The molecule has 3 rings (SSSR count). The van der Waals surface area contributed by atoms with E-state index in [-0.39, 0.29) is 6.54 Å². The Labute approximate surface area is 138 Å². The lowest BCUT2D eigenvalue weighted by Gasteiger charge is -2.26. The van der Waals surface area contributed by atoms with Crippen LogP contribution in [-0.4, -0.2) is 22.1 Å². The molecule has 0 aliphatic carbocycles. The minimum atomic E-state index is -1.76. The summed E-state index contributed by atoms with van der Waals surface area (Å²) in [5, 5.41) is 8.18. The van der Waals surface area contributed by atoms with E-state index in [1.807, 2.05) is 0 Å². The second-order valence-corrected chi connectivity index (χ2v) is 5.57. The van der Waals surface area contributed by atoms with Gasteiger partial charge in [0, 0.05) is 11.2 Å². The minimum Gasteiger partial charge on any atom is -0.497 e. The molecule has 1 unspecified atom stereocenters. The second kappa shape index (κ2) is 6.38. The normalized spacial score (nSPS) is 13.5. The van der Waals surface area contributed by atoms with E-state index >= 15 is 4.39 Å². The van der Waals surface area contributed by atoms with Crippen molar-refractivity contribution < 1.29 is 9.13 Å². The monoisotopic (exact) mass is 331 g/mol. The van der Waals surface area contributed by atoms with E-state index in [0.29, 0.717) is 21.9 Å². The quantitative estimate of drug-likeness (QED) is 0.713. The molecule has 0 saturated carbocycles. The van der Waals surface area contributed by atoms with Gasteiger partial charge in [-0.3, -0.25) is 0 Å². The Balaban J connectivity index is 2.06. The number of rotatable bonds is 5. The predicted molar refractivity (Wildman–Crippen MR) is 86.4 cm³/mol. The van der Waals surface area contributed by atoms with Gasteiger partial charge in [0.05, 0.1) is 19.9 Å². The van der Waals surface area contributed by atoms with Crippen molar-refractivity contribution in [1.29, 1.82) is 0 Å². The van der Waals surface area contributed by atoms with Crippen LogP contribution in [0.4, 0.5) is 4.39 Å². The molecule has 0 N–H and O–H groups in total. The molecule has 4 nitrogen and oxygen atoms in total. The summed E-state index contributed by atoms with van der Waals surface area (Å²) in [4.78, 5) is 0. The van der Waals surface area contributed by atoms with Gasteiger partial charge in [-0.2, -0.15) is 0 Å². The van der Waals surface area contributed by atoms with Crippen LogP contribution in [-0.2, 0) is 12.2 Å². The van der Waals surface area contributed by atoms with E-state index in [1.54, 1.807) is 61.8 Å². The third-order valence-corrected chi connectivity index (χ3v) is 3.95. The van der Waals surface area contributed by atoms with Gasteiger partial charge in [0.25, 0.3) is 0 Å². The highest BCUT2D eigenvalue weighted by Crippen LogP contribution is 2.36. The van der Waals surface area contributed by atoms with E-state index in [1.165, 1.54) is 10.9 Å². The SMILES string of the molecule is COc1ccc(C(F)(Cn2ccnn2)c2ccc(Cl)cc2)cc1. The summed E-state index contributed by atoms with van der Waals surface area (Å²) >= 11 is 5.92. The lowest BCUT2D eigenvalue weighted by atomic mass is 9.88. The molecule has 0 aliphatic rings. The third kappa shape index (κ3) is 3.19. The molecule has 118 valence electrons. The standard InChI is InChI=1S/C17H15ClFN3O/c1-23-16-8-4-14(5-9-16)17(19,12-22-11-10-20-21-22)13-2-6-15(18)7-3-13/h2-11H,12H2,1H3. The number of benzene rings is 2. The number of halogens is 2. The molecule has 0 saturated heterocycles. The van der Waals surface area contributed by atoms with Crippen molar-refractivity contribution in [2.75, 3.05) is 7.11 Å². The van der Waals surface area contributed by atoms with E-state index in [4.69, 9.17) is 16.3 Å². The molecule has 0 bridgehead atoms. The number of hydrogen-bond acceptors (Lipinski definition) is 3. The minimum absolute atomic E-state index is 0.0148. The fourth-order valence-electron chi connectivity index (χ4n) is 2.46. The Hall–Kier alpha value is -2.40. The Morgan fingerprint density at radius 2 is 1.70 bits per heavy atom. The van der Waals surface area contributed by atoms with Crippen LogP contribution in [0.3, 0.4) is 0 Å². The number of methoxy groups -OCH3 is 1. The van der Waals surface area contributed by atoms with Crippen LogP contribution in [0.5, 0.6) is 5.75 Å². The molecule has 2 aromatic carbocycles. The number of alkyl halides is 1. The highest BCUT2D eigenvalue weighted by molar-refractivity contribution is 6.30. The molecule has 23 heavy (non-hydrogen) atoms. The first-order chi connectivity index (χ1) is 11.1. The molecular formula is C17H15ClFN3O. The van der Waals surface area contributed by atoms with Gasteiger partial charge in [-0.1, -0.05) is 41.1 Å². The Kier molecular flexibility index (Phi) is 4.30. The topological polar surface area (TPSA) is 39.9 Å². The highest BCUT2D eigenvalue weighted by atomic mass is 35.5. The van der Waals surface area contributed by atoms with E-state index in [0.717, 1.165) is 0 Å². The van der Waals surface area contributed by atoms with Crippen LogP contribution in [0.15, 0.2) is 60.9 Å². The predicted octanol–water partition coefficient (Wildman–Crippen LogP) is 3.85.